The molecule has 21 heavy (non-hydrogen) atoms. The summed E-state index contributed by atoms with van der Waals surface area (Å²) in [5.41, 5.74) is 0.255. The van der Waals surface area contributed by atoms with Gasteiger partial charge in [-0.15, -0.1) is 0 Å². The second-order valence-electron chi connectivity index (χ2n) is 4.17. The van der Waals surface area contributed by atoms with Crippen LogP contribution in [0.25, 0.3) is 0 Å². The molecule has 0 aliphatic carbocycles. The van der Waals surface area contributed by atoms with E-state index in [1.165, 1.54) is 18.6 Å². The van der Waals surface area contributed by atoms with E-state index in [1.807, 2.05) is 0 Å². The lowest BCUT2D eigenvalue weighted by Crippen LogP contribution is -2.41. The van der Waals surface area contributed by atoms with Crippen molar-refractivity contribution >= 4 is 11.8 Å². The number of aliphatic hydroxyl groups excluding tert-OH is 1. The van der Waals surface area contributed by atoms with Crippen LogP contribution >= 0.6 is 0 Å². The van der Waals surface area contributed by atoms with Crippen molar-refractivity contribution in [3.63, 3.8) is 0 Å². The van der Waals surface area contributed by atoms with Gasteiger partial charge in [0.05, 0.1) is 18.4 Å². The molecule has 1 aromatic rings. The minimum Gasteiger partial charge on any atom is -0.472 e. The summed E-state index contributed by atoms with van der Waals surface area (Å²) in [5.74, 6) is -1.28. The Kier molecular flexibility index (Phi) is 6.22. The summed E-state index contributed by atoms with van der Waals surface area (Å²) in [6.45, 7) is -2.51. The molecular formula is C12H15F3N2O4. The Balaban J connectivity index is 2.41. The number of furan rings is 1. The molecule has 1 heterocycles. The molecule has 0 atom stereocenters. The highest BCUT2D eigenvalue weighted by molar-refractivity contribution is 5.94. The van der Waals surface area contributed by atoms with Crippen LogP contribution in [-0.4, -0.2) is 54.2 Å². The topological polar surface area (TPSA) is 82.8 Å². The molecule has 1 rings (SSSR count). The first-order valence-corrected chi connectivity index (χ1v) is 6.09. The number of rotatable bonds is 7. The Morgan fingerprint density at radius 2 is 2.10 bits per heavy atom. The Labute approximate surface area is 118 Å². The molecule has 6 nitrogen and oxygen atoms in total. The van der Waals surface area contributed by atoms with Crippen molar-refractivity contribution < 1.29 is 32.3 Å². The zero-order valence-corrected chi connectivity index (χ0v) is 11.0. The van der Waals surface area contributed by atoms with E-state index in [0.29, 0.717) is 4.90 Å². The van der Waals surface area contributed by atoms with E-state index in [-0.39, 0.29) is 18.5 Å². The first-order valence-electron chi connectivity index (χ1n) is 6.09. The lowest BCUT2D eigenvalue weighted by atomic mass is 10.3. The number of nitrogens with zero attached hydrogens (tertiary/aromatic N) is 1. The first-order chi connectivity index (χ1) is 9.83. The summed E-state index contributed by atoms with van der Waals surface area (Å²) in [6.07, 6.45) is -2.32. The van der Waals surface area contributed by atoms with Crippen LogP contribution < -0.4 is 5.32 Å². The third-order valence-corrected chi connectivity index (χ3v) is 2.50. The standard InChI is InChI=1S/C12H15F3N2O4/c13-12(14,15)8-17(4-5-18)10(19)1-3-16-11(20)9-2-6-21-7-9/h2,6-7,18H,1,3-5,8H2,(H,16,20). The van der Waals surface area contributed by atoms with E-state index in [9.17, 15) is 22.8 Å². The number of carbonyl (C=O) groups excluding carboxylic acids is 2. The zero-order valence-electron chi connectivity index (χ0n) is 11.0. The average Bonchev–Trinajstić information content (AvgIpc) is 2.90. The molecule has 0 radical (unpaired) electrons. The van der Waals surface area contributed by atoms with Gasteiger partial charge in [0.15, 0.2) is 0 Å². The van der Waals surface area contributed by atoms with Crippen LogP contribution in [0.3, 0.4) is 0 Å². The molecule has 9 heteroatoms. The molecule has 0 saturated carbocycles. The fourth-order valence-electron chi connectivity index (χ4n) is 1.57. The van der Waals surface area contributed by atoms with Gasteiger partial charge in [0.1, 0.15) is 12.8 Å². The molecule has 0 aliphatic heterocycles. The lowest BCUT2D eigenvalue weighted by Gasteiger charge is -2.23. The summed E-state index contributed by atoms with van der Waals surface area (Å²) in [5, 5.41) is 11.1. The first kappa shape index (κ1) is 17.0. The average molecular weight is 308 g/mol. The quantitative estimate of drug-likeness (QED) is 0.780. The number of alkyl halides is 3. The number of aliphatic hydroxyl groups is 1. The second kappa shape index (κ2) is 7.67. The summed E-state index contributed by atoms with van der Waals surface area (Å²) < 4.78 is 41.5. The van der Waals surface area contributed by atoms with Crippen molar-refractivity contribution in [2.75, 3.05) is 26.2 Å². The van der Waals surface area contributed by atoms with Crippen LogP contribution in [-0.2, 0) is 4.79 Å². The molecule has 118 valence electrons. The highest BCUT2D eigenvalue weighted by atomic mass is 19.4. The molecule has 0 aliphatic rings. The Morgan fingerprint density at radius 3 is 2.62 bits per heavy atom. The summed E-state index contributed by atoms with van der Waals surface area (Å²) in [4.78, 5) is 23.6. The monoisotopic (exact) mass is 308 g/mol. The maximum absolute atomic E-state index is 12.3. The SMILES string of the molecule is O=C(NCCC(=O)N(CCO)CC(F)(F)F)c1ccoc1. The summed E-state index contributed by atoms with van der Waals surface area (Å²) in [6, 6.07) is 1.42. The number of halogens is 3. The highest BCUT2D eigenvalue weighted by Crippen LogP contribution is 2.16. The molecule has 2 N–H and O–H groups in total. The zero-order chi connectivity index (χ0) is 15.9. The van der Waals surface area contributed by atoms with Crippen LogP contribution in [0.2, 0.25) is 0 Å². The number of nitrogens with one attached hydrogen (secondary N) is 1. The lowest BCUT2D eigenvalue weighted by molar-refractivity contribution is -0.161. The van der Waals surface area contributed by atoms with Gasteiger partial charge >= 0.3 is 6.18 Å². The molecule has 2 amide bonds. The smallest absolute Gasteiger partial charge is 0.406 e. The van der Waals surface area contributed by atoms with Gasteiger partial charge in [-0.1, -0.05) is 0 Å². The molecule has 0 saturated heterocycles. The number of carbonyl (C=O) groups is 2. The highest BCUT2D eigenvalue weighted by Gasteiger charge is 2.32. The molecular weight excluding hydrogens is 293 g/mol. The van der Waals surface area contributed by atoms with Gasteiger partial charge in [-0.05, 0) is 6.07 Å². The van der Waals surface area contributed by atoms with Crippen molar-refractivity contribution in [2.24, 2.45) is 0 Å². The predicted octanol–water partition coefficient (Wildman–Crippen LogP) is 0.783. The summed E-state index contributed by atoms with van der Waals surface area (Å²) >= 11 is 0. The van der Waals surface area contributed by atoms with Crippen molar-refractivity contribution in [3.05, 3.63) is 24.2 Å². The maximum Gasteiger partial charge on any atom is 0.406 e. The van der Waals surface area contributed by atoms with Gasteiger partial charge in [-0.3, -0.25) is 9.59 Å². The van der Waals surface area contributed by atoms with Gasteiger partial charge in [0.25, 0.3) is 5.91 Å². The molecule has 0 spiro atoms. The van der Waals surface area contributed by atoms with E-state index < -0.39 is 37.7 Å². The molecule has 0 aromatic carbocycles. The fraction of sp³-hybridized carbons (Fsp3) is 0.500. The van der Waals surface area contributed by atoms with Crippen LogP contribution in [0, 0.1) is 0 Å². The minimum absolute atomic E-state index is 0.108. The Bertz CT molecular complexity index is 460. The van der Waals surface area contributed by atoms with Gasteiger partial charge in [-0.25, -0.2) is 0 Å². The molecule has 0 bridgehead atoms. The van der Waals surface area contributed by atoms with Crippen molar-refractivity contribution in [2.45, 2.75) is 12.6 Å². The van der Waals surface area contributed by atoms with Crippen molar-refractivity contribution in [3.8, 4) is 0 Å². The largest absolute Gasteiger partial charge is 0.472 e. The van der Waals surface area contributed by atoms with Gasteiger partial charge in [0, 0.05) is 19.5 Å². The number of hydrogen-bond acceptors (Lipinski definition) is 4. The van der Waals surface area contributed by atoms with Gasteiger partial charge in [-0.2, -0.15) is 13.2 Å². The van der Waals surface area contributed by atoms with Crippen LogP contribution in [0.4, 0.5) is 13.2 Å². The van der Waals surface area contributed by atoms with Crippen LogP contribution in [0.5, 0.6) is 0 Å². The van der Waals surface area contributed by atoms with Crippen LogP contribution in [0.15, 0.2) is 23.0 Å². The van der Waals surface area contributed by atoms with Crippen LogP contribution in [0.1, 0.15) is 16.8 Å². The number of hydrogen-bond donors (Lipinski definition) is 2. The summed E-state index contributed by atoms with van der Waals surface area (Å²) in [7, 11) is 0. The van der Waals surface area contributed by atoms with E-state index in [2.05, 4.69) is 5.32 Å². The Hall–Kier alpha value is -2.03. The van der Waals surface area contributed by atoms with E-state index in [1.54, 1.807) is 0 Å². The van der Waals surface area contributed by atoms with E-state index in [0.717, 1.165) is 0 Å². The van der Waals surface area contributed by atoms with E-state index >= 15 is 0 Å². The molecule has 1 aromatic heterocycles. The minimum atomic E-state index is -4.54. The van der Waals surface area contributed by atoms with Crippen molar-refractivity contribution in [1.29, 1.82) is 0 Å². The second-order valence-corrected chi connectivity index (χ2v) is 4.17. The van der Waals surface area contributed by atoms with Crippen molar-refractivity contribution in [1.82, 2.24) is 10.2 Å². The van der Waals surface area contributed by atoms with Gasteiger partial charge < -0.3 is 19.7 Å². The van der Waals surface area contributed by atoms with Gasteiger partial charge in [0.2, 0.25) is 5.91 Å². The van der Waals surface area contributed by atoms with E-state index in [4.69, 9.17) is 9.52 Å². The molecule has 0 fully saturated rings. The normalized spacial score (nSPS) is 11.2. The molecule has 0 unspecified atom stereocenters. The third-order valence-electron chi connectivity index (χ3n) is 2.50. The number of amides is 2. The fourth-order valence-corrected chi connectivity index (χ4v) is 1.57. The maximum atomic E-state index is 12.3. The Morgan fingerprint density at radius 1 is 1.38 bits per heavy atom. The predicted molar refractivity (Wildman–Crippen MR) is 65.4 cm³/mol. The third kappa shape index (κ3) is 6.30.